The van der Waals surface area contributed by atoms with Crippen LogP contribution in [0.2, 0.25) is 0 Å². The van der Waals surface area contributed by atoms with Crippen LogP contribution in [-0.4, -0.2) is 29.2 Å². The molecule has 0 saturated heterocycles. The van der Waals surface area contributed by atoms with Gasteiger partial charge in [-0.25, -0.2) is 0 Å². The Balaban J connectivity index is 2.45. The van der Waals surface area contributed by atoms with E-state index in [1.54, 1.807) is 16.8 Å². The van der Waals surface area contributed by atoms with Crippen LogP contribution in [0.15, 0.2) is 5.51 Å². The molecule has 0 unspecified atom stereocenters. The summed E-state index contributed by atoms with van der Waals surface area (Å²) >= 11 is 7.17. The van der Waals surface area contributed by atoms with Gasteiger partial charge in [0.2, 0.25) is 5.13 Å². The number of anilines is 1. The first-order valence-corrected chi connectivity index (χ1v) is 5.37. The molecule has 0 radical (unpaired) electrons. The highest BCUT2D eigenvalue weighted by Crippen LogP contribution is 2.15. The number of hydrogen-bond acceptors (Lipinski definition) is 4. The van der Waals surface area contributed by atoms with E-state index in [1.807, 2.05) is 0 Å². The third-order valence-electron chi connectivity index (χ3n) is 1.56. The molecule has 0 aliphatic carbocycles. The van der Waals surface area contributed by atoms with Crippen molar-refractivity contribution in [2.45, 2.75) is 13.3 Å². The molecule has 0 spiro atoms. The van der Waals surface area contributed by atoms with Gasteiger partial charge in [-0.3, -0.25) is 0 Å². The minimum absolute atomic E-state index is 0.704. The largest absolute Gasteiger partial charge is 0.347 e. The molecule has 1 aromatic rings. The normalized spacial score (nSPS) is 10.2. The molecule has 0 N–H and O–H groups in total. The number of rotatable bonds is 5. The molecule has 68 valence electrons. The molecule has 0 amide bonds. The standard InChI is InChI=1S/C7H12ClN3S/c1-2-11(5-3-4-8)7-10-9-6-12-7/h6H,2-5H2,1H3. The molecule has 1 aromatic heterocycles. The van der Waals surface area contributed by atoms with Crippen LogP contribution in [0.4, 0.5) is 5.13 Å². The summed E-state index contributed by atoms with van der Waals surface area (Å²) in [5.41, 5.74) is 1.75. The monoisotopic (exact) mass is 205 g/mol. The Morgan fingerprint density at radius 3 is 3.00 bits per heavy atom. The second kappa shape index (κ2) is 5.32. The van der Waals surface area contributed by atoms with E-state index in [-0.39, 0.29) is 0 Å². The van der Waals surface area contributed by atoms with Gasteiger partial charge in [-0.1, -0.05) is 11.3 Å². The number of nitrogens with zero attached hydrogens (tertiary/aromatic N) is 3. The summed E-state index contributed by atoms with van der Waals surface area (Å²) in [6.45, 7) is 4.04. The molecule has 3 nitrogen and oxygen atoms in total. The van der Waals surface area contributed by atoms with Gasteiger partial charge in [0, 0.05) is 19.0 Å². The van der Waals surface area contributed by atoms with E-state index in [0.29, 0.717) is 5.88 Å². The summed E-state index contributed by atoms with van der Waals surface area (Å²) in [6.07, 6.45) is 0.995. The van der Waals surface area contributed by atoms with Gasteiger partial charge < -0.3 is 4.90 Å². The summed E-state index contributed by atoms with van der Waals surface area (Å²) < 4.78 is 0. The van der Waals surface area contributed by atoms with E-state index >= 15 is 0 Å². The molecule has 1 rings (SSSR count). The molecule has 12 heavy (non-hydrogen) atoms. The summed E-state index contributed by atoms with van der Waals surface area (Å²) in [7, 11) is 0. The smallest absolute Gasteiger partial charge is 0.208 e. The highest BCUT2D eigenvalue weighted by molar-refractivity contribution is 7.13. The van der Waals surface area contributed by atoms with Crippen molar-refractivity contribution in [1.29, 1.82) is 0 Å². The molecule has 5 heteroatoms. The van der Waals surface area contributed by atoms with Gasteiger partial charge in [0.05, 0.1) is 0 Å². The third-order valence-corrected chi connectivity index (χ3v) is 2.58. The lowest BCUT2D eigenvalue weighted by Crippen LogP contribution is -2.23. The number of halogens is 1. The highest BCUT2D eigenvalue weighted by Gasteiger charge is 2.05. The van der Waals surface area contributed by atoms with Crippen LogP contribution in [-0.2, 0) is 0 Å². The summed E-state index contributed by atoms with van der Waals surface area (Å²) in [5.74, 6) is 0.704. The second-order valence-electron chi connectivity index (χ2n) is 2.34. The second-order valence-corrected chi connectivity index (χ2v) is 3.53. The van der Waals surface area contributed by atoms with Crippen LogP contribution in [0.25, 0.3) is 0 Å². The van der Waals surface area contributed by atoms with Crippen molar-refractivity contribution in [3.8, 4) is 0 Å². The molecule has 0 aliphatic heterocycles. The molecule has 0 aromatic carbocycles. The number of hydrogen-bond donors (Lipinski definition) is 0. The van der Waals surface area contributed by atoms with Crippen LogP contribution in [0.5, 0.6) is 0 Å². The summed E-state index contributed by atoms with van der Waals surface area (Å²) in [5, 5.41) is 8.77. The maximum absolute atomic E-state index is 5.60. The highest BCUT2D eigenvalue weighted by atomic mass is 35.5. The fourth-order valence-electron chi connectivity index (χ4n) is 0.945. The zero-order valence-electron chi connectivity index (χ0n) is 7.03. The Bertz CT molecular complexity index is 202. The summed E-state index contributed by atoms with van der Waals surface area (Å²) in [6, 6.07) is 0. The third kappa shape index (κ3) is 2.60. The Hall–Kier alpha value is -0.350. The lowest BCUT2D eigenvalue weighted by molar-refractivity contribution is 0.783. The van der Waals surface area contributed by atoms with Crippen molar-refractivity contribution in [2.75, 3.05) is 23.9 Å². The van der Waals surface area contributed by atoms with Crippen LogP contribution in [0.1, 0.15) is 13.3 Å². The van der Waals surface area contributed by atoms with Crippen molar-refractivity contribution >= 4 is 28.1 Å². The lowest BCUT2D eigenvalue weighted by atomic mass is 10.4. The van der Waals surface area contributed by atoms with Gasteiger partial charge in [0.15, 0.2) is 0 Å². The van der Waals surface area contributed by atoms with Crippen molar-refractivity contribution in [2.24, 2.45) is 0 Å². The fourth-order valence-corrected chi connectivity index (χ4v) is 1.72. The maximum atomic E-state index is 5.60. The number of alkyl halides is 1. The molecule has 0 saturated carbocycles. The molecule has 1 heterocycles. The Labute approximate surface area is 81.4 Å². The van der Waals surface area contributed by atoms with E-state index in [4.69, 9.17) is 11.6 Å². The van der Waals surface area contributed by atoms with Crippen LogP contribution in [0, 0.1) is 0 Å². The molecule has 0 bridgehead atoms. The van der Waals surface area contributed by atoms with Gasteiger partial charge in [-0.2, -0.15) is 0 Å². The predicted molar refractivity (Wildman–Crippen MR) is 53.1 cm³/mol. The first-order valence-electron chi connectivity index (χ1n) is 3.95. The minimum atomic E-state index is 0.704. The predicted octanol–water partition coefficient (Wildman–Crippen LogP) is 1.99. The Morgan fingerprint density at radius 2 is 2.50 bits per heavy atom. The first-order chi connectivity index (χ1) is 5.88. The maximum Gasteiger partial charge on any atom is 0.208 e. The SMILES string of the molecule is CCN(CCCCl)c1nncs1. The molecule has 0 aliphatic rings. The van der Waals surface area contributed by atoms with E-state index < -0.39 is 0 Å². The molecule has 0 atom stereocenters. The molecule has 0 fully saturated rings. The van der Waals surface area contributed by atoms with Gasteiger partial charge in [0.25, 0.3) is 0 Å². The van der Waals surface area contributed by atoms with Gasteiger partial charge in [-0.15, -0.1) is 21.8 Å². The van der Waals surface area contributed by atoms with Gasteiger partial charge in [-0.05, 0) is 13.3 Å². The Kier molecular flexibility index (Phi) is 4.32. The van der Waals surface area contributed by atoms with E-state index in [1.165, 1.54) is 0 Å². The van der Waals surface area contributed by atoms with Gasteiger partial charge in [0.1, 0.15) is 5.51 Å². The average molecular weight is 206 g/mol. The Morgan fingerprint density at radius 1 is 1.67 bits per heavy atom. The van der Waals surface area contributed by atoms with Crippen molar-refractivity contribution < 1.29 is 0 Å². The van der Waals surface area contributed by atoms with Crippen LogP contribution < -0.4 is 4.90 Å². The van der Waals surface area contributed by atoms with Gasteiger partial charge >= 0.3 is 0 Å². The lowest BCUT2D eigenvalue weighted by Gasteiger charge is -2.17. The molecular weight excluding hydrogens is 194 g/mol. The van der Waals surface area contributed by atoms with Crippen molar-refractivity contribution in [3.63, 3.8) is 0 Å². The quantitative estimate of drug-likeness (QED) is 0.689. The topological polar surface area (TPSA) is 29.0 Å². The number of aromatic nitrogens is 2. The van der Waals surface area contributed by atoms with Crippen molar-refractivity contribution in [3.05, 3.63) is 5.51 Å². The zero-order valence-corrected chi connectivity index (χ0v) is 8.61. The van der Waals surface area contributed by atoms with Crippen molar-refractivity contribution in [1.82, 2.24) is 10.2 Å². The molecular formula is C7H12ClN3S. The van der Waals surface area contributed by atoms with E-state index in [2.05, 4.69) is 22.0 Å². The average Bonchev–Trinajstić information content (AvgIpc) is 2.59. The zero-order chi connectivity index (χ0) is 8.81. The first kappa shape index (κ1) is 9.74. The summed E-state index contributed by atoms with van der Waals surface area (Å²) in [4.78, 5) is 2.18. The van der Waals surface area contributed by atoms with Crippen LogP contribution >= 0.6 is 22.9 Å². The van der Waals surface area contributed by atoms with E-state index in [0.717, 1.165) is 24.6 Å². The minimum Gasteiger partial charge on any atom is -0.347 e. The van der Waals surface area contributed by atoms with E-state index in [9.17, 15) is 0 Å². The fraction of sp³-hybridized carbons (Fsp3) is 0.714. The van der Waals surface area contributed by atoms with Crippen LogP contribution in [0.3, 0.4) is 0 Å².